The molecule has 1 amide bonds. The minimum absolute atomic E-state index is 0.0122. The van der Waals surface area contributed by atoms with Crippen LogP contribution in [-0.4, -0.2) is 39.3 Å². The molecule has 3 heterocycles. The average Bonchev–Trinajstić information content (AvgIpc) is 3.20. The molecule has 0 N–H and O–H groups in total. The zero-order valence-electron chi connectivity index (χ0n) is 13.1. The normalized spacial score (nSPS) is 23.8. The number of carbonyl (C=O) groups excluding carboxylic acids is 1. The summed E-state index contributed by atoms with van der Waals surface area (Å²) in [5.41, 5.74) is 1.29. The molecule has 23 heavy (non-hydrogen) atoms. The van der Waals surface area contributed by atoms with Gasteiger partial charge in [-0.05, 0) is 30.9 Å². The Balaban J connectivity index is 1.45. The van der Waals surface area contributed by atoms with Gasteiger partial charge >= 0.3 is 0 Å². The zero-order chi connectivity index (χ0) is 15.8. The van der Waals surface area contributed by atoms with E-state index in [1.54, 1.807) is 18.7 Å². The van der Waals surface area contributed by atoms with Crippen LogP contribution in [0.15, 0.2) is 33.7 Å². The molecule has 0 bridgehead atoms. The van der Waals surface area contributed by atoms with E-state index in [9.17, 15) is 4.79 Å². The predicted molar refractivity (Wildman–Crippen MR) is 87.4 cm³/mol. The van der Waals surface area contributed by atoms with Crippen LogP contribution in [0.25, 0.3) is 0 Å². The summed E-state index contributed by atoms with van der Waals surface area (Å²) in [6, 6.07) is 8.31. The molecule has 2 aliphatic heterocycles. The fourth-order valence-corrected chi connectivity index (χ4v) is 4.67. The smallest absolute Gasteiger partial charge is 0.236 e. The first kappa shape index (κ1) is 14.8. The highest BCUT2D eigenvalue weighted by molar-refractivity contribution is 8.01. The van der Waals surface area contributed by atoms with Crippen molar-refractivity contribution < 1.29 is 9.32 Å². The molecule has 5 nitrogen and oxygen atoms in total. The van der Waals surface area contributed by atoms with Crippen molar-refractivity contribution in [1.29, 1.82) is 0 Å². The van der Waals surface area contributed by atoms with Gasteiger partial charge in [0.05, 0.1) is 5.25 Å². The largest absolute Gasteiger partial charge is 0.341 e. The summed E-state index contributed by atoms with van der Waals surface area (Å²) in [4.78, 5) is 20.5. The summed E-state index contributed by atoms with van der Waals surface area (Å²) in [6.07, 6.45) is 2.84. The van der Waals surface area contributed by atoms with E-state index in [4.69, 9.17) is 4.52 Å². The number of rotatable bonds is 2. The summed E-state index contributed by atoms with van der Waals surface area (Å²) in [5.74, 6) is 1.77. The monoisotopic (exact) mass is 329 g/mol. The summed E-state index contributed by atoms with van der Waals surface area (Å²) < 4.78 is 5.09. The zero-order valence-corrected chi connectivity index (χ0v) is 13.9. The van der Waals surface area contributed by atoms with E-state index in [2.05, 4.69) is 22.3 Å². The Morgan fingerprint density at radius 2 is 2.26 bits per heavy atom. The summed E-state index contributed by atoms with van der Waals surface area (Å²) in [7, 11) is 0. The van der Waals surface area contributed by atoms with Gasteiger partial charge in [-0.2, -0.15) is 4.98 Å². The molecular weight excluding hydrogens is 310 g/mol. The first-order chi connectivity index (χ1) is 11.2. The van der Waals surface area contributed by atoms with Crippen LogP contribution in [0.5, 0.6) is 0 Å². The standard InChI is InChI=1S/C17H19N3O2S/c1-11-18-16(19-22-11)13-6-4-8-20(10-13)17(21)15-9-12-5-2-3-7-14(12)23-15/h2-3,5,7,13,15H,4,6,8-10H2,1H3. The van der Waals surface area contributed by atoms with Crippen molar-refractivity contribution in [3.8, 4) is 0 Å². The Morgan fingerprint density at radius 1 is 1.39 bits per heavy atom. The topological polar surface area (TPSA) is 59.2 Å². The minimum Gasteiger partial charge on any atom is -0.341 e. The minimum atomic E-state index is 0.0122. The van der Waals surface area contributed by atoms with Gasteiger partial charge in [0.15, 0.2) is 5.82 Å². The maximum absolute atomic E-state index is 12.9. The number of aryl methyl sites for hydroxylation is 1. The van der Waals surface area contributed by atoms with Crippen LogP contribution in [0.3, 0.4) is 0 Å². The summed E-state index contributed by atoms with van der Waals surface area (Å²) in [5, 5.41) is 4.05. The van der Waals surface area contributed by atoms with Crippen LogP contribution in [-0.2, 0) is 11.2 Å². The molecule has 1 aromatic carbocycles. The predicted octanol–water partition coefficient (Wildman–Crippen LogP) is 2.80. The van der Waals surface area contributed by atoms with E-state index in [1.807, 2.05) is 17.0 Å². The molecule has 4 rings (SSSR count). The van der Waals surface area contributed by atoms with Gasteiger partial charge in [-0.15, -0.1) is 11.8 Å². The van der Waals surface area contributed by atoms with Gasteiger partial charge in [-0.1, -0.05) is 23.4 Å². The first-order valence-corrected chi connectivity index (χ1v) is 8.92. The van der Waals surface area contributed by atoms with Crippen LogP contribution in [0.1, 0.15) is 36.0 Å². The van der Waals surface area contributed by atoms with E-state index in [0.717, 1.165) is 31.6 Å². The molecule has 0 radical (unpaired) electrons. The molecule has 0 spiro atoms. The van der Waals surface area contributed by atoms with Crippen molar-refractivity contribution in [2.45, 2.75) is 42.2 Å². The molecular formula is C17H19N3O2S. The number of benzene rings is 1. The van der Waals surface area contributed by atoms with Gasteiger partial charge in [0.1, 0.15) is 0 Å². The van der Waals surface area contributed by atoms with Crippen LogP contribution in [0.4, 0.5) is 0 Å². The van der Waals surface area contributed by atoms with E-state index in [-0.39, 0.29) is 17.1 Å². The molecule has 2 aromatic rings. The van der Waals surface area contributed by atoms with E-state index < -0.39 is 0 Å². The Bertz CT molecular complexity index is 705. The maximum Gasteiger partial charge on any atom is 0.236 e. The van der Waals surface area contributed by atoms with Gasteiger partial charge < -0.3 is 9.42 Å². The summed E-state index contributed by atoms with van der Waals surface area (Å²) >= 11 is 1.70. The third-order valence-electron chi connectivity index (χ3n) is 4.56. The van der Waals surface area contributed by atoms with Crippen molar-refractivity contribution in [2.75, 3.05) is 13.1 Å². The van der Waals surface area contributed by atoms with Crippen molar-refractivity contribution in [2.24, 2.45) is 0 Å². The van der Waals surface area contributed by atoms with Crippen LogP contribution in [0.2, 0.25) is 0 Å². The maximum atomic E-state index is 12.9. The lowest BCUT2D eigenvalue weighted by molar-refractivity contribution is -0.131. The van der Waals surface area contributed by atoms with Crippen LogP contribution >= 0.6 is 11.8 Å². The van der Waals surface area contributed by atoms with Gasteiger partial charge in [0.2, 0.25) is 11.8 Å². The number of aromatic nitrogens is 2. The van der Waals surface area contributed by atoms with Crippen molar-refractivity contribution in [1.82, 2.24) is 15.0 Å². The number of nitrogens with zero attached hydrogens (tertiary/aromatic N) is 3. The summed E-state index contributed by atoms with van der Waals surface area (Å²) in [6.45, 7) is 3.33. The van der Waals surface area contributed by atoms with Crippen molar-refractivity contribution in [3.63, 3.8) is 0 Å². The second-order valence-electron chi connectivity index (χ2n) is 6.21. The highest BCUT2D eigenvalue weighted by Crippen LogP contribution is 2.38. The third kappa shape index (κ3) is 2.87. The molecule has 120 valence electrons. The molecule has 0 saturated carbocycles. The molecule has 1 saturated heterocycles. The quantitative estimate of drug-likeness (QED) is 0.848. The van der Waals surface area contributed by atoms with Gasteiger partial charge in [-0.25, -0.2) is 0 Å². The molecule has 2 unspecified atom stereocenters. The lowest BCUT2D eigenvalue weighted by atomic mass is 9.97. The third-order valence-corrected chi connectivity index (χ3v) is 5.87. The molecule has 6 heteroatoms. The van der Waals surface area contributed by atoms with Crippen LogP contribution < -0.4 is 0 Å². The van der Waals surface area contributed by atoms with Crippen LogP contribution in [0, 0.1) is 6.92 Å². The number of hydrogen-bond donors (Lipinski definition) is 0. The molecule has 2 aliphatic rings. The van der Waals surface area contributed by atoms with Gasteiger partial charge in [0, 0.05) is 30.8 Å². The number of carbonyl (C=O) groups is 1. The van der Waals surface area contributed by atoms with E-state index in [0.29, 0.717) is 12.4 Å². The number of hydrogen-bond acceptors (Lipinski definition) is 5. The number of likely N-dealkylation sites (tertiary alicyclic amines) is 1. The Morgan fingerprint density at radius 3 is 3.04 bits per heavy atom. The Hall–Kier alpha value is -1.82. The highest BCUT2D eigenvalue weighted by atomic mass is 32.2. The molecule has 0 aliphatic carbocycles. The number of fused-ring (bicyclic) bond motifs is 1. The Labute approximate surface area is 139 Å². The lowest BCUT2D eigenvalue weighted by Crippen LogP contribution is -2.43. The van der Waals surface area contributed by atoms with Gasteiger partial charge in [0.25, 0.3) is 0 Å². The number of thioether (sulfide) groups is 1. The average molecular weight is 329 g/mol. The fraction of sp³-hybridized carbons (Fsp3) is 0.471. The van der Waals surface area contributed by atoms with Gasteiger partial charge in [-0.3, -0.25) is 4.79 Å². The molecule has 1 aromatic heterocycles. The fourth-order valence-electron chi connectivity index (χ4n) is 3.39. The van der Waals surface area contributed by atoms with Crippen molar-refractivity contribution >= 4 is 17.7 Å². The second-order valence-corrected chi connectivity index (χ2v) is 7.46. The van der Waals surface area contributed by atoms with E-state index in [1.165, 1.54) is 10.5 Å². The lowest BCUT2D eigenvalue weighted by Gasteiger charge is -2.32. The SMILES string of the molecule is Cc1nc(C2CCCN(C(=O)C3Cc4ccccc4S3)C2)no1. The molecule has 2 atom stereocenters. The number of piperidine rings is 1. The Kier molecular flexibility index (Phi) is 3.85. The second kappa shape index (κ2) is 6.00. The number of amides is 1. The van der Waals surface area contributed by atoms with Crippen molar-refractivity contribution in [3.05, 3.63) is 41.5 Å². The highest BCUT2D eigenvalue weighted by Gasteiger charge is 2.34. The first-order valence-electron chi connectivity index (χ1n) is 8.04. The molecule has 1 fully saturated rings. The van der Waals surface area contributed by atoms with E-state index >= 15 is 0 Å².